The molecule has 0 saturated heterocycles. The minimum absolute atomic E-state index is 0.963. The highest BCUT2D eigenvalue weighted by Gasteiger charge is 2.20. The van der Waals surface area contributed by atoms with Crippen molar-refractivity contribution in [1.29, 1.82) is 0 Å². The van der Waals surface area contributed by atoms with Gasteiger partial charge in [0.2, 0.25) is 0 Å². The van der Waals surface area contributed by atoms with Crippen molar-refractivity contribution < 1.29 is 4.42 Å². The third-order valence-electron chi connectivity index (χ3n) is 3.82. The Morgan fingerprint density at radius 2 is 1.84 bits per heavy atom. The molecule has 19 heavy (non-hydrogen) atoms. The third kappa shape index (κ3) is 1.55. The van der Waals surface area contributed by atoms with Gasteiger partial charge >= 0.3 is 0 Å². The number of hydrogen-bond acceptors (Lipinski definition) is 1. The minimum atomic E-state index is 0.963. The van der Waals surface area contributed by atoms with Gasteiger partial charge in [0, 0.05) is 5.57 Å². The predicted octanol–water partition coefficient (Wildman–Crippen LogP) is 4.73. The number of fused-ring (bicyclic) bond motifs is 3. The molecule has 92 valence electrons. The first-order valence-corrected chi connectivity index (χ1v) is 6.61. The first-order valence-electron chi connectivity index (χ1n) is 6.61. The van der Waals surface area contributed by atoms with Crippen LogP contribution in [0.15, 0.2) is 59.0 Å². The molecule has 0 bridgehead atoms. The summed E-state index contributed by atoms with van der Waals surface area (Å²) in [6.45, 7) is 1.99. The molecule has 0 fully saturated rings. The Kier molecular flexibility index (Phi) is 2.16. The van der Waals surface area contributed by atoms with Crippen LogP contribution < -0.4 is 0 Å². The second-order valence-corrected chi connectivity index (χ2v) is 5.05. The van der Waals surface area contributed by atoms with Crippen LogP contribution in [0.2, 0.25) is 0 Å². The van der Waals surface area contributed by atoms with E-state index in [9.17, 15) is 0 Å². The molecule has 1 heterocycles. The van der Waals surface area contributed by atoms with Crippen molar-refractivity contribution in [3.8, 4) is 0 Å². The maximum atomic E-state index is 5.80. The predicted molar refractivity (Wildman–Crippen MR) is 78.2 cm³/mol. The summed E-state index contributed by atoms with van der Waals surface area (Å²) in [6.07, 6.45) is 3.27. The van der Waals surface area contributed by atoms with Crippen molar-refractivity contribution >= 4 is 16.3 Å². The molecule has 0 spiro atoms. The largest absolute Gasteiger partial charge is 0.461 e. The van der Waals surface area contributed by atoms with Crippen molar-refractivity contribution in [2.45, 2.75) is 13.3 Å². The molecule has 0 N–H and O–H groups in total. The molecule has 1 heteroatoms. The average Bonchev–Trinajstić information content (AvgIpc) is 3.04. The summed E-state index contributed by atoms with van der Waals surface area (Å²) >= 11 is 0. The van der Waals surface area contributed by atoms with E-state index >= 15 is 0 Å². The fourth-order valence-corrected chi connectivity index (χ4v) is 2.92. The number of benzene rings is 2. The fourth-order valence-electron chi connectivity index (χ4n) is 2.92. The van der Waals surface area contributed by atoms with E-state index in [-0.39, 0.29) is 0 Å². The zero-order valence-corrected chi connectivity index (χ0v) is 10.8. The molecule has 1 aliphatic rings. The zero-order chi connectivity index (χ0) is 12.8. The van der Waals surface area contributed by atoms with Crippen molar-refractivity contribution in [3.63, 3.8) is 0 Å². The maximum Gasteiger partial charge on any atom is 0.134 e. The van der Waals surface area contributed by atoms with E-state index in [4.69, 9.17) is 4.42 Å². The molecule has 0 unspecified atom stereocenters. The molecule has 1 aliphatic carbocycles. The summed E-state index contributed by atoms with van der Waals surface area (Å²) < 4.78 is 5.80. The molecule has 0 amide bonds. The van der Waals surface area contributed by atoms with Crippen LogP contribution in [-0.4, -0.2) is 0 Å². The van der Waals surface area contributed by atoms with Crippen LogP contribution in [-0.2, 0) is 6.42 Å². The van der Waals surface area contributed by atoms with E-state index < -0.39 is 0 Å². The molecule has 4 rings (SSSR count). The third-order valence-corrected chi connectivity index (χ3v) is 3.82. The number of rotatable bonds is 1. The molecule has 0 saturated carbocycles. The zero-order valence-electron chi connectivity index (χ0n) is 10.8. The van der Waals surface area contributed by atoms with Gasteiger partial charge in [-0.15, -0.1) is 0 Å². The first-order chi connectivity index (χ1) is 9.33. The summed E-state index contributed by atoms with van der Waals surface area (Å²) in [7, 11) is 0. The van der Waals surface area contributed by atoms with Crippen LogP contribution in [0, 0.1) is 6.92 Å². The Morgan fingerprint density at radius 3 is 2.68 bits per heavy atom. The SMILES string of the molecule is Cc1ccc(C2=CCc3ccc4ccccc4c32)o1. The van der Waals surface area contributed by atoms with Gasteiger partial charge in [-0.3, -0.25) is 0 Å². The van der Waals surface area contributed by atoms with Gasteiger partial charge < -0.3 is 4.42 Å². The maximum absolute atomic E-state index is 5.80. The van der Waals surface area contributed by atoms with E-state index in [2.05, 4.69) is 48.5 Å². The van der Waals surface area contributed by atoms with E-state index in [1.165, 1.54) is 27.5 Å². The number of allylic oxidation sites excluding steroid dienone is 1. The smallest absolute Gasteiger partial charge is 0.134 e. The Bertz CT molecular complexity index is 805. The summed E-state index contributed by atoms with van der Waals surface area (Å²) in [5, 5.41) is 2.61. The lowest BCUT2D eigenvalue weighted by Gasteiger charge is -2.08. The van der Waals surface area contributed by atoms with Crippen molar-refractivity contribution in [2.24, 2.45) is 0 Å². The molecular formula is C18H14O. The number of furan rings is 1. The quantitative estimate of drug-likeness (QED) is 0.605. The van der Waals surface area contributed by atoms with Gasteiger partial charge in [-0.25, -0.2) is 0 Å². The molecule has 3 aromatic rings. The van der Waals surface area contributed by atoms with E-state index in [0.717, 1.165) is 17.9 Å². The number of hydrogen-bond donors (Lipinski definition) is 0. The van der Waals surface area contributed by atoms with Crippen molar-refractivity contribution in [3.05, 3.63) is 77.3 Å². The van der Waals surface area contributed by atoms with Crippen molar-refractivity contribution in [1.82, 2.24) is 0 Å². The Hall–Kier alpha value is -2.28. The number of aryl methyl sites for hydroxylation is 1. The van der Waals surface area contributed by atoms with Crippen LogP contribution >= 0.6 is 0 Å². The van der Waals surface area contributed by atoms with E-state index in [0.29, 0.717) is 0 Å². The van der Waals surface area contributed by atoms with E-state index in [1.807, 2.05) is 13.0 Å². The van der Waals surface area contributed by atoms with Gasteiger partial charge in [-0.2, -0.15) is 0 Å². The first kappa shape index (κ1) is 10.6. The monoisotopic (exact) mass is 246 g/mol. The highest BCUT2D eigenvalue weighted by molar-refractivity contribution is 6.00. The Labute approximate surface area is 112 Å². The molecule has 0 aliphatic heterocycles. The molecule has 0 atom stereocenters. The fraction of sp³-hybridized carbons (Fsp3) is 0.111. The highest BCUT2D eigenvalue weighted by Crippen LogP contribution is 2.38. The van der Waals surface area contributed by atoms with Gasteiger partial charge in [-0.1, -0.05) is 42.5 Å². The molecule has 1 aromatic heterocycles. The van der Waals surface area contributed by atoms with Crippen LogP contribution in [0.1, 0.15) is 22.6 Å². The highest BCUT2D eigenvalue weighted by atomic mass is 16.3. The molecule has 0 radical (unpaired) electrons. The normalized spacial score (nSPS) is 13.6. The molecule has 1 nitrogen and oxygen atoms in total. The lowest BCUT2D eigenvalue weighted by Crippen LogP contribution is -1.88. The second kappa shape index (κ2) is 3.86. The van der Waals surface area contributed by atoms with Crippen LogP contribution in [0.25, 0.3) is 16.3 Å². The molecule has 2 aromatic carbocycles. The lowest BCUT2D eigenvalue weighted by atomic mass is 9.96. The van der Waals surface area contributed by atoms with Crippen LogP contribution in [0.3, 0.4) is 0 Å². The van der Waals surface area contributed by atoms with Gasteiger partial charge in [0.1, 0.15) is 11.5 Å². The van der Waals surface area contributed by atoms with Crippen LogP contribution in [0.5, 0.6) is 0 Å². The van der Waals surface area contributed by atoms with Crippen molar-refractivity contribution in [2.75, 3.05) is 0 Å². The second-order valence-electron chi connectivity index (χ2n) is 5.05. The lowest BCUT2D eigenvalue weighted by molar-refractivity contribution is 0.522. The minimum Gasteiger partial charge on any atom is -0.461 e. The Balaban J connectivity index is 2.00. The summed E-state index contributed by atoms with van der Waals surface area (Å²) in [4.78, 5) is 0. The van der Waals surface area contributed by atoms with Gasteiger partial charge in [-0.05, 0) is 47.4 Å². The summed E-state index contributed by atoms with van der Waals surface area (Å²) in [5.74, 6) is 1.94. The van der Waals surface area contributed by atoms with E-state index in [1.54, 1.807) is 0 Å². The van der Waals surface area contributed by atoms with Gasteiger partial charge in [0.05, 0.1) is 0 Å². The van der Waals surface area contributed by atoms with Gasteiger partial charge in [0.15, 0.2) is 0 Å². The molecular weight excluding hydrogens is 232 g/mol. The van der Waals surface area contributed by atoms with Gasteiger partial charge in [0.25, 0.3) is 0 Å². The average molecular weight is 246 g/mol. The Morgan fingerprint density at radius 1 is 0.947 bits per heavy atom. The summed E-state index contributed by atoms with van der Waals surface area (Å²) in [6, 6.07) is 17.1. The standard InChI is InChI=1S/C18H14O/c1-12-6-11-17(19-12)16-10-9-14-8-7-13-4-2-3-5-15(13)18(14)16/h2-8,10-11H,9H2,1H3. The van der Waals surface area contributed by atoms with Crippen LogP contribution in [0.4, 0.5) is 0 Å². The topological polar surface area (TPSA) is 13.1 Å². The summed E-state index contributed by atoms with van der Waals surface area (Å²) in [5.41, 5.74) is 3.97.